The molecule has 0 bridgehead atoms. The highest BCUT2D eigenvalue weighted by Gasteiger charge is 2.26. The lowest BCUT2D eigenvalue weighted by Crippen LogP contribution is -2.20. The zero-order chi connectivity index (χ0) is 18.2. The number of benzene rings is 2. The number of hydrogen-bond donors (Lipinski definition) is 0. The van der Waals surface area contributed by atoms with Gasteiger partial charge in [-0.2, -0.15) is 4.98 Å². The zero-order valence-corrected chi connectivity index (χ0v) is 14.2. The average Bonchev–Trinajstić information content (AvgIpc) is 3.35. The summed E-state index contributed by atoms with van der Waals surface area (Å²) in [5.74, 6) is 0.602. The van der Waals surface area contributed by atoms with E-state index < -0.39 is 0 Å². The van der Waals surface area contributed by atoms with Crippen molar-refractivity contribution in [1.82, 2.24) is 19.7 Å². The summed E-state index contributed by atoms with van der Waals surface area (Å²) in [6.07, 6.45) is 1.50. The highest BCUT2D eigenvalue weighted by atomic mass is 19.1. The topological polar surface area (TPSA) is 66.0 Å². The van der Waals surface area contributed by atoms with Crippen LogP contribution in [0, 0.1) is 5.82 Å². The molecular formula is C20H15FN4O2. The van der Waals surface area contributed by atoms with Crippen LogP contribution < -0.4 is 0 Å². The Morgan fingerprint density at radius 2 is 1.96 bits per heavy atom. The van der Waals surface area contributed by atoms with Crippen LogP contribution in [0.3, 0.4) is 0 Å². The van der Waals surface area contributed by atoms with Crippen molar-refractivity contribution in [2.24, 2.45) is 0 Å². The Kier molecular flexibility index (Phi) is 3.79. The molecule has 0 saturated heterocycles. The van der Waals surface area contributed by atoms with E-state index in [1.165, 1.54) is 12.1 Å². The predicted octanol–water partition coefficient (Wildman–Crippen LogP) is 4.01. The average molecular weight is 362 g/mol. The second-order valence-electron chi connectivity index (χ2n) is 6.34. The molecule has 134 valence electrons. The Balaban J connectivity index is 1.43. The number of aromatic nitrogens is 4. The van der Waals surface area contributed by atoms with Crippen LogP contribution in [0.1, 0.15) is 17.4 Å². The van der Waals surface area contributed by atoms with Gasteiger partial charge in [0.2, 0.25) is 5.82 Å². The van der Waals surface area contributed by atoms with Crippen LogP contribution in [0.15, 0.2) is 65.4 Å². The Labute approximate surface area is 154 Å². The van der Waals surface area contributed by atoms with Gasteiger partial charge in [0, 0.05) is 5.56 Å². The number of rotatable bonds is 3. The maximum Gasteiger partial charge on any atom is 0.278 e. The SMILES string of the molecule is Fc1cccc(C2Cn3cnc(-c4nc(-c5ccccc5)no4)c3CO2)c1. The molecule has 0 fully saturated rings. The minimum Gasteiger partial charge on any atom is -0.365 e. The van der Waals surface area contributed by atoms with Crippen LogP contribution in [-0.2, 0) is 17.9 Å². The van der Waals surface area contributed by atoms with Crippen LogP contribution in [-0.4, -0.2) is 19.7 Å². The highest BCUT2D eigenvalue weighted by molar-refractivity contribution is 5.58. The fourth-order valence-electron chi connectivity index (χ4n) is 3.24. The van der Waals surface area contributed by atoms with Crippen LogP contribution in [0.25, 0.3) is 23.0 Å². The molecule has 2 aromatic heterocycles. The molecule has 0 N–H and O–H groups in total. The van der Waals surface area contributed by atoms with Gasteiger partial charge in [-0.3, -0.25) is 0 Å². The lowest BCUT2D eigenvalue weighted by Gasteiger charge is -2.25. The van der Waals surface area contributed by atoms with Crippen molar-refractivity contribution >= 4 is 0 Å². The minimum absolute atomic E-state index is 0.224. The van der Waals surface area contributed by atoms with E-state index >= 15 is 0 Å². The van der Waals surface area contributed by atoms with Gasteiger partial charge in [0.25, 0.3) is 5.89 Å². The first-order valence-electron chi connectivity index (χ1n) is 8.58. The second kappa shape index (κ2) is 6.44. The van der Waals surface area contributed by atoms with Gasteiger partial charge < -0.3 is 13.8 Å². The van der Waals surface area contributed by atoms with E-state index in [2.05, 4.69) is 15.1 Å². The first-order valence-corrected chi connectivity index (χ1v) is 8.58. The molecule has 3 heterocycles. The third kappa shape index (κ3) is 2.92. The number of halogens is 1. The molecule has 0 aliphatic carbocycles. The van der Waals surface area contributed by atoms with E-state index in [4.69, 9.17) is 9.26 Å². The predicted molar refractivity (Wildman–Crippen MR) is 94.9 cm³/mol. The third-order valence-electron chi connectivity index (χ3n) is 4.61. The summed E-state index contributed by atoms with van der Waals surface area (Å²) >= 11 is 0. The smallest absolute Gasteiger partial charge is 0.278 e. The Morgan fingerprint density at radius 1 is 1.07 bits per heavy atom. The van der Waals surface area contributed by atoms with E-state index in [9.17, 15) is 4.39 Å². The lowest BCUT2D eigenvalue weighted by molar-refractivity contribution is 0.00314. The molecule has 2 aromatic carbocycles. The molecule has 0 amide bonds. The van der Waals surface area contributed by atoms with Gasteiger partial charge in [0.1, 0.15) is 11.9 Å². The number of fused-ring (bicyclic) bond motifs is 1. The van der Waals surface area contributed by atoms with Gasteiger partial charge in [0.05, 0.1) is 25.2 Å². The van der Waals surface area contributed by atoms with Crippen LogP contribution in [0.5, 0.6) is 0 Å². The standard InChI is InChI=1S/C20H15FN4O2/c21-15-8-4-7-14(9-15)17-10-25-12-22-18(16(25)11-26-17)20-23-19(24-27-20)13-5-2-1-3-6-13/h1-9,12,17H,10-11H2. The summed E-state index contributed by atoms with van der Waals surface area (Å²) in [6.45, 7) is 0.880. The Hall–Kier alpha value is -3.32. The van der Waals surface area contributed by atoms with Crippen molar-refractivity contribution in [1.29, 1.82) is 0 Å². The normalized spacial score (nSPS) is 16.3. The summed E-state index contributed by atoms with van der Waals surface area (Å²) in [4.78, 5) is 8.89. The summed E-state index contributed by atoms with van der Waals surface area (Å²) in [5.41, 5.74) is 3.16. The molecule has 5 rings (SSSR count). The number of hydrogen-bond acceptors (Lipinski definition) is 5. The van der Waals surface area contributed by atoms with E-state index in [1.54, 1.807) is 12.4 Å². The van der Waals surface area contributed by atoms with Gasteiger partial charge in [-0.15, -0.1) is 0 Å². The molecule has 4 aromatic rings. The summed E-state index contributed by atoms with van der Waals surface area (Å²) in [5, 5.41) is 4.05. The van der Waals surface area contributed by atoms with Gasteiger partial charge in [0.15, 0.2) is 5.69 Å². The van der Waals surface area contributed by atoms with Crippen LogP contribution in [0.2, 0.25) is 0 Å². The van der Waals surface area contributed by atoms with Gasteiger partial charge >= 0.3 is 0 Å². The van der Waals surface area contributed by atoms with Crippen molar-refractivity contribution in [3.63, 3.8) is 0 Å². The molecule has 1 aliphatic rings. The van der Waals surface area contributed by atoms with Crippen molar-refractivity contribution in [3.8, 4) is 23.0 Å². The molecule has 7 heteroatoms. The van der Waals surface area contributed by atoms with Crippen molar-refractivity contribution in [3.05, 3.63) is 78.0 Å². The first-order chi connectivity index (χ1) is 13.3. The van der Waals surface area contributed by atoms with E-state index in [0.29, 0.717) is 30.6 Å². The van der Waals surface area contributed by atoms with Crippen molar-refractivity contribution < 1.29 is 13.7 Å². The molecule has 6 nitrogen and oxygen atoms in total. The molecule has 0 saturated carbocycles. The quantitative estimate of drug-likeness (QED) is 0.551. The fourth-order valence-corrected chi connectivity index (χ4v) is 3.24. The van der Waals surface area contributed by atoms with Crippen LogP contribution in [0.4, 0.5) is 4.39 Å². The minimum atomic E-state index is -0.271. The van der Waals surface area contributed by atoms with Crippen molar-refractivity contribution in [2.45, 2.75) is 19.3 Å². The van der Waals surface area contributed by atoms with E-state index in [1.807, 2.05) is 41.0 Å². The van der Waals surface area contributed by atoms with E-state index in [0.717, 1.165) is 16.8 Å². The second-order valence-corrected chi connectivity index (χ2v) is 6.34. The first kappa shape index (κ1) is 15.9. The molecule has 1 atom stereocenters. The maximum absolute atomic E-state index is 13.5. The monoisotopic (exact) mass is 362 g/mol. The number of imidazole rings is 1. The fraction of sp³-hybridized carbons (Fsp3) is 0.150. The van der Waals surface area contributed by atoms with Gasteiger partial charge in [-0.1, -0.05) is 47.6 Å². The van der Waals surface area contributed by atoms with Crippen LogP contribution >= 0.6 is 0 Å². The zero-order valence-electron chi connectivity index (χ0n) is 14.2. The Morgan fingerprint density at radius 3 is 2.81 bits per heavy atom. The molecule has 1 unspecified atom stereocenters. The third-order valence-corrected chi connectivity index (χ3v) is 4.61. The summed E-state index contributed by atoms with van der Waals surface area (Å²) < 4.78 is 26.8. The molecule has 27 heavy (non-hydrogen) atoms. The molecule has 0 spiro atoms. The van der Waals surface area contributed by atoms with Crippen molar-refractivity contribution in [2.75, 3.05) is 0 Å². The maximum atomic E-state index is 13.5. The summed E-state index contributed by atoms with van der Waals surface area (Å²) in [7, 11) is 0. The van der Waals surface area contributed by atoms with Gasteiger partial charge in [-0.25, -0.2) is 9.37 Å². The highest BCUT2D eigenvalue weighted by Crippen LogP contribution is 2.32. The lowest BCUT2D eigenvalue weighted by atomic mass is 10.1. The van der Waals surface area contributed by atoms with E-state index in [-0.39, 0.29) is 11.9 Å². The molecule has 0 radical (unpaired) electrons. The number of ether oxygens (including phenoxy) is 1. The van der Waals surface area contributed by atoms with Gasteiger partial charge in [-0.05, 0) is 17.7 Å². The number of nitrogens with zero attached hydrogens (tertiary/aromatic N) is 4. The Bertz CT molecular complexity index is 1090. The largest absolute Gasteiger partial charge is 0.365 e. The molecule has 1 aliphatic heterocycles. The summed E-state index contributed by atoms with van der Waals surface area (Å²) in [6, 6.07) is 16.1. The molecular weight excluding hydrogens is 347 g/mol.